The van der Waals surface area contributed by atoms with Gasteiger partial charge in [0.15, 0.2) is 0 Å². The molecule has 0 spiro atoms. The molecule has 0 aliphatic heterocycles. The molecule has 0 radical (unpaired) electrons. The first-order valence-corrected chi connectivity index (χ1v) is 5.72. The predicted octanol–water partition coefficient (Wildman–Crippen LogP) is 2.35. The minimum atomic E-state index is -0.913. The minimum absolute atomic E-state index is 0.120. The molecular formula is C14H20O3. The fraction of sp³-hybridized carbons (Fsp3) is 0.500. The number of carbonyl (C=O) groups excluding carboxylic acids is 1. The number of hydrogen-bond donors (Lipinski definition) is 1. The average molecular weight is 236 g/mol. The molecule has 0 amide bonds. The highest BCUT2D eigenvalue weighted by Crippen LogP contribution is 2.32. The molecule has 94 valence electrons. The molecule has 0 heterocycles. The van der Waals surface area contributed by atoms with E-state index in [9.17, 15) is 9.90 Å². The summed E-state index contributed by atoms with van der Waals surface area (Å²) in [5.41, 5.74) is 0.0984. The molecule has 1 N–H and O–H groups in total. The van der Waals surface area contributed by atoms with Crippen LogP contribution in [-0.2, 0) is 9.53 Å². The van der Waals surface area contributed by atoms with Gasteiger partial charge in [0, 0.05) is 5.92 Å². The fourth-order valence-electron chi connectivity index (χ4n) is 1.95. The lowest BCUT2D eigenvalue weighted by atomic mass is 9.77. The zero-order valence-corrected chi connectivity index (χ0v) is 10.8. The summed E-state index contributed by atoms with van der Waals surface area (Å²) in [4.78, 5) is 11.6. The summed E-state index contributed by atoms with van der Waals surface area (Å²) in [7, 11) is 1.34. The van der Waals surface area contributed by atoms with E-state index in [-0.39, 0.29) is 5.92 Å². The van der Waals surface area contributed by atoms with Crippen molar-refractivity contribution in [2.45, 2.75) is 32.8 Å². The fourth-order valence-corrected chi connectivity index (χ4v) is 1.95. The molecule has 0 bridgehead atoms. The van der Waals surface area contributed by atoms with Crippen molar-refractivity contribution in [3.63, 3.8) is 0 Å². The van der Waals surface area contributed by atoms with Crippen LogP contribution in [-0.4, -0.2) is 24.3 Å². The lowest BCUT2D eigenvalue weighted by Gasteiger charge is -2.32. The molecule has 1 aromatic carbocycles. The highest BCUT2D eigenvalue weighted by atomic mass is 16.5. The van der Waals surface area contributed by atoms with Crippen LogP contribution in [0.15, 0.2) is 30.3 Å². The number of aliphatic hydroxyl groups excluding tert-OH is 1. The van der Waals surface area contributed by atoms with Crippen LogP contribution in [0.2, 0.25) is 0 Å². The summed E-state index contributed by atoms with van der Waals surface area (Å²) in [6.07, 6.45) is -0.780. The van der Waals surface area contributed by atoms with Crippen molar-refractivity contribution in [1.29, 1.82) is 0 Å². The monoisotopic (exact) mass is 236 g/mol. The molecule has 0 aliphatic rings. The highest BCUT2D eigenvalue weighted by Gasteiger charge is 2.40. The number of benzene rings is 1. The number of esters is 1. The van der Waals surface area contributed by atoms with E-state index in [0.717, 1.165) is 5.56 Å². The van der Waals surface area contributed by atoms with Gasteiger partial charge in [-0.15, -0.1) is 0 Å². The van der Waals surface area contributed by atoms with Crippen LogP contribution < -0.4 is 0 Å². The average Bonchev–Trinajstić information content (AvgIpc) is 2.36. The molecule has 17 heavy (non-hydrogen) atoms. The largest absolute Gasteiger partial charge is 0.469 e. The predicted molar refractivity (Wildman–Crippen MR) is 66.7 cm³/mol. The summed E-state index contributed by atoms with van der Waals surface area (Å²) in [6.45, 7) is 5.30. The Morgan fingerprint density at radius 3 is 2.29 bits per heavy atom. The first-order valence-electron chi connectivity index (χ1n) is 5.72. The smallest absolute Gasteiger partial charge is 0.313 e. The molecule has 0 aliphatic carbocycles. The van der Waals surface area contributed by atoms with Crippen molar-refractivity contribution in [2.75, 3.05) is 7.11 Å². The lowest BCUT2D eigenvalue weighted by molar-refractivity contribution is -0.158. The molecular weight excluding hydrogens is 216 g/mol. The molecule has 0 saturated carbocycles. The van der Waals surface area contributed by atoms with Crippen molar-refractivity contribution >= 4 is 5.97 Å². The summed E-state index contributed by atoms with van der Waals surface area (Å²) in [6, 6.07) is 9.66. The number of ether oxygens (including phenoxy) is 1. The van der Waals surface area contributed by atoms with Crippen molar-refractivity contribution in [1.82, 2.24) is 0 Å². The Labute approximate surface area is 102 Å². The van der Waals surface area contributed by atoms with Crippen molar-refractivity contribution in [3.05, 3.63) is 35.9 Å². The van der Waals surface area contributed by atoms with Crippen LogP contribution in [0.3, 0.4) is 0 Å². The van der Waals surface area contributed by atoms with Gasteiger partial charge >= 0.3 is 5.97 Å². The Morgan fingerprint density at radius 2 is 1.82 bits per heavy atom. The van der Waals surface area contributed by atoms with Crippen LogP contribution in [0.4, 0.5) is 0 Å². The van der Waals surface area contributed by atoms with E-state index in [4.69, 9.17) is 4.74 Å². The Balaban J connectivity index is 2.90. The highest BCUT2D eigenvalue weighted by molar-refractivity contribution is 5.76. The molecule has 1 rings (SSSR count). The Hall–Kier alpha value is -1.35. The van der Waals surface area contributed by atoms with Crippen LogP contribution in [0.5, 0.6) is 0 Å². The van der Waals surface area contributed by atoms with Gasteiger partial charge in [-0.3, -0.25) is 4.79 Å². The summed E-state index contributed by atoms with van der Waals surface area (Å²) in [5.74, 6) is -0.516. The second-order valence-corrected chi connectivity index (χ2v) is 4.86. The summed E-state index contributed by atoms with van der Waals surface area (Å²) < 4.78 is 4.72. The van der Waals surface area contributed by atoms with E-state index in [2.05, 4.69) is 0 Å². The van der Waals surface area contributed by atoms with Gasteiger partial charge in [0.2, 0.25) is 0 Å². The number of hydrogen-bond acceptors (Lipinski definition) is 3. The maximum Gasteiger partial charge on any atom is 0.313 e. The molecule has 1 unspecified atom stereocenters. The SMILES string of the molecule is COC(=O)C(C)(C)[C@H](O)C(C)c1ccccc1. The third kappa shape index (κ3) is 2.86. The van der Waals surface area contributed by atoms with E-state index in [1.165, 1.54) is 7.11 Å². The van der Waals surface area contributed by atoms with Crippen LogP contribution >= 0.6 is 0 Å². The third-order valence-corrected chi connectivity index (χ3v) is 3.25. The summed E-state index contributed by atoms with van der Waals surface area (Å²) >= 11 is 0. The normalized spacial score (nSPS) is 15.1. The maximum atomic E-state index is 11.6. The van der Waals surface area contributed by atoms with Crippen LogP contribution in [0.25, 0.3) is 0 Å². The molecule has 3 heteroatoms. The second-order valence-electron chi connectivity index (χ2n) is 4.86. The van der Waals surface area contributed by atoms with E-state index >= 15 is 0 Å². The van der Waals surface area contributed by atoms with Gasteiger partial charge in [-0.05, 0) is 19.4 Å². The molecule has 0 aromatic heterocycles. The van der Waals surface area contributed by atoms with Crippen LogP contribution in [0, 0.1) is 5.41 Å². The van der Waals surface area contributed by atoms with Gasteiger partial charge in [0.25, 0.3) is 0 Å². The maximum absolute atomic E-state index is 11.6. The molecule has 0 fully saturated rings. The first kappa shape index (κ1) is 13.7. The number of rotatable bonds is 4. The topological polar surface area (TPSA) is 46.5 Å². The second kappa shape index (κ2) is 5.32. The zero-order valence-electron chi connectivity index (χ0n) is 10.8. The van der Waals surface area contributed by atoms with Gasteiger partial charge in [0.05, 0.1) is 18.6 Å². The quantitative estimate of drug-likeness (QED) is 0.816. The lowest BCUT2D eigenvalue weighted by Crippen LogP contribution is -2.41. The first-order chi connectivity index (χ1) is 7.91. The van der Waals surface area contributed by atoms with E-state index < -0.39 is 17.5 Å². The van der Waals surface area contributed by atoms with E-state index in [0.29, 0.717) is 0 Å². The van der Waals surface area contributed by atoms with Gasteiger partial charge in [-0.25, -0.2) is 0 Å². The summed E-state index contributed by atoms with van der Waals surface area (Å²) in [5, 5.41) is 10.3. The van der Waals surface area contributed by atoms with Crippen LogP contribution in [0.1, 0.15) is 32.3 Å². The number of carbonyl (C=O) groups is 1. The Kier molecular flexibility index (Phi) is 4.29. The Morgan fingerprint density at radius 1 is 1.29 bits per heavy atom. The number of methoxy groups -OCH3 is 1. The van der Waals surface area contributed by atoms with Gasteiger partial charge < -0.3 is 9.84 Å². The molecule has 1 aromatic rings. The van der Waals surface area contributed by atoms with Crippen molar-refractivity contribution in [3.8, 4) is 0 Å². The van der Waals surface area contributed by atoms with Gasteiger partial charge in [-0.2, -0.15) is 0 Å². The number of aliphatic hydroxyl groups is 1. The third-order valence-electron chi connectivity index (χ3n) is 3.25. The van der Waals surface area contributed by atoms with E-state index in [1.807, 2.05) is 37.3 Å². The molecule has 2 atom stereocenters. The van der Waals surface area contributed by atoms with Gasteiger partial charge in [0.1, 0.15) is 0 Å². The Bertz CT molecular complexity index is 370. The minimum Gasteiger partial charge on any atom is -0.469 e. The van der Waals surface area contributed by atoms with Crippen molar-refractivity contribution < 1.29 is 14.6 Å². The van der Waals surface area contributed by atoms with E-state index in [1.54, 1.807) is 13.8 Å². The standard InChI is InChI=1S/C14H20O3/c1-10(11-8-6-5-7-9-11)12(15)14(2,3)13(16)17-4/h5-10,12,15H,1-4H3/t10?,12-/m1/s1. The molecule has 0 saturated heterocycles. The van der Waals surface area contributed by atoms with Crippen molar-refractivity contribution in [2.24, 2.45) is 5.41 Å². The molecule has 3 nitrogen and oxygen atoms in total. The zero-order chi connectivity index (χ0) is 13.1. The van der Waals surface area contributed by atoms with Gasteiger partial charge in [-0.1, -0.05) is 37.3 Å².